The summed E-state index contributed by atoms with van der Waals surface area (Å²) in [4.78, 5) is 46.1. The highest BCUT2D eigenvalue weighted by Gasteiger charge is 2.17. The number of aromatic nitrogens is 3. The second kappa shape index (κ2) is 9.70. The second-order valence-corrected chi connectivity index (χ2v) is 9.44. The fourth-order valence-corrected chi connectivity index (χ4v) is 5.19. The summed E-state index contributed by atoms with van der Waals surface area (Å²) in [5, 5.41) is 5.05. The number of amides is 1. The van der Waals surface area contributed by atoms with Gasteiger partial charge in [0, 0.05) is 40.2 Å². The number of nitrogens with zero attached hydrogens (tertiary/aromatic N) is 2. The van der Waals surface area contributed by atoms with Gasteiger partial charge in [-0.25, -0.2) is 9.36 Å². The minimum absolute atomic E-state index is 0.193. The third-order valence-corrected chi connectivity index (χ3v) is 7.07. The first-order chi connectivity index (χ1) is 19.0. The van der Waals surface area contributed by atoms with Crippen LogP contribution < -0.4 is 16.6 Å². The maximum absolute atomic E-state index is 13.6. The number of carbonyl (C=O) groups excluding carboxylic acids is 1. The third-order valence-electron chi connectivity index (χ3n) is 6.75. The Labute approximate surface area is 227 Å². The summed E-state index contributed by atoms with van der Waals surface area (Å²) in [6.07, 6.45) is 3.21. The number of pyridine rings is 1. The molecule has 0 bridgehead atoms. The van der Waals surface area contributed by atoms with Crippen LogP contribution in [0.15, 0.2) is 107 Å². The summed E-state index contributed by atoms with van der Waals surface area (Å²) in [5.74, 6) is -0.193. The number of hydrogen-bond donors (Lipinski definition) is 2. The summed E-state index contributed by atoms with van der Waals surface area (Å²) in [6, 6.07) is 25.5. The van der Waals surface area contributed by atoms with E-state index >= 15 is 0 Å². The molecule has 6 aromatic rings. The number of H-pyrrole nitrogens is 1. The predicted octanol–water partition coefficient (Wildman–Crippen LogP) is 5.57. The van der Waals surface area contributed by atoms with Crippen molar-refractivity contribution in [2.24, 2.45) is 0 Å². The first-order valence-corrected chi connectivity index (χ1v) is 12.6. The molecule has 0 fully saturated rings. The molecule has 2 aromatic heterocycles. The van der Waals surface area contributed by atoms with Crippen molar-refractivity contribution in [1.82, 2.24) is 19.9 Å². The maximum atomic E-state index is 13.6. The zero-order valence-electron chi connectivity index (χ0n) is 20.7. The van der Waals surface area contributed by atoms with Crippen LogP contribution in [0.4, 0.5) is 0 Å². The maximum Gasteiger partial charge on any atom is 0.333 e. The Bertz CT molecular complexity index is 2040. The van der Waals surface area contributed by atoms with Crippen molar-refractivity contribution in [3.05, 3.63) is 129 Å². The van der Waals surface area contributed by atoms with E-state index in [1.807, 2.05) is 48.5 Å². The molecule has 7 nitrogen and oxygen atoms in total. The second-order valence-electron chi connectivity index (χ2n) is 9.03. The van der Waals surface area contributed by atoms with Crippen molar-refractivity contribution < 1.29 is 4.79 Å². The summed E-state index contributed by atoms with van der Waals surface area (Å²) in [7, 11) is 1.58. The fraction of sp³-hybridized carbons (Fsp3) is 0.0323. The molecular weight excluding hydrogens is 512 g/mol. The lowest BCUT2D eigenvalue weighted by Crippen LogP contribution is -2.33. The molecule has 6 rings (SSSR count). The van der Waals surface area contributed by atoms with Gasteiger partial charge in [-0.1, -0.05) is 66.2 Å². The summed E-state index contributed by atoms with van der Waals surface area (Å²) in [5.41, 5.74) is 3.35. The zero-order valence-corrected chi connectivity index (χ0v) is 21.5. The Morgan fingerprint density at radius 2 is 1.69 bits per heavy atom. The molecule has 2 N–H and O–H groups in total. The zero-order chi connectivity index (χ0) is 27.1. The SMILES string of the molecule is CNC(=O)c1cccc(-c2cccc(Cl)c2-c2ccc3c(=O)n(-c4cncc5ccccc45)c(=O)[nH]c3c2)c1. The number of benzene rings is 4. The molecule has 8 heteroatoms. The highest BCUT2D eigenvalue weighted by molar-refractivity contribution is 6.34. The van der Waals surface area contributed by atoms with Gasteiger partial charge in [0.25, 0.3) is 11.5 Å². The van der Waals surface area contributed by atoms with E-state index in [-0.39, 0.29) is 5.91 Å². The van der Waals surface area contributed by atoms with E-state index in [0.29, 0.717) is 32.7 Å². The normalized spacial score (nSPS) is 11.1. The van der Waals surface area contributed by atoms with Crippen LogP contribution >= 0.6 is 11.6 Å². The van der Waals surface area contributed by atoms with Crippen molar-refractivity contribution in [2.75, 3.05) is 7.05 Å². The number of nitrogens with one attached hydrogen (secondary N) is 2. The van der Waals surface area contributed by atoms with E-state index in [2.05, 4.69) is 15.3 Å². The lowest BCUT2D eigenvalue weighted by molar-refractivity contribution is 0.0963. The van der Waals surface area contributed by atoms with Crippen LogP contribution in [-0.2, 0) is 0 Å². The minimum atomic E-state index is -0.569. The summed E-state index contributed by atoms with van der Waals surface area (Å²) >= 11 is 6.69. The van der Waals surface area contributed by atoms with Gasteiger partial charge in [0.05, 0.1) is 22.8 Å². The Balaban J connectivity index is 1.53. The highest BCUT2D eigenvalue weighted by Crippen LogP contribution is 2.38. The highest BCUT2D eigenvalue weighted by atomic mass is 35.5. The molecule has 0 atom stereocenters. The quantitative estimate of drug-likeness (QED) is 0.310. The van der Waals surface area contributed by atoms with Gasteiger partial charge in [0.15, 0.2) is 0 Å². The lowest BCUT2D eigenvalue weighted by Gasteiger charge is -2.14. The summed E-state index contributed by atoms with van der Waals surface area (Å²) < 4.78 is 1.11. The third kappa shape index (κ3) is 4.19. The van der Waals surface area contributed by atoms with Crippen LogP contribution in [0.2, 0.25) is 5.02 Å². The van der Waals surface area contributed by atoms with Crippen LogP contribution in [-0.4, -0.2) is 27.5 Å². The van der Waals surface area contributed by atoms with E-state index in [1.54, 1.807) is 49.6 Å². The number of hydrogen-bond acceptors (Lipinski definition) is 4. The topological polar surface area (TPSA) is 96.8 Å². The van der Waals surface area contributed by atoms with Crippen LogP contribution in [0.25, 0.3) is 49.6 Å². The molecule has 0 aliphatic heterocycles. The number of halogens is 1. The number of aromatic amines is 1. The van der Waals surface area contributed by atoms with Gasteiger partial charge in [-0.3, -0.25) is 14.6 Å². The standard InChI is InChI=1S/C31H21ClN4O3/c1-33-29(37)20-8-4-7-18(14-20)23-10-5-11-25(32)28(23)19-12-13-24-26(15-19)35-31(39)36(30(24)38)27-17-34-16-21-6-2-3-9-22(21)27/h2-17H,1H3,(H,33,37)(H,35,39). The summed E-state index contributed by atoms with van der Waals surface area (Å²) in [6.45, 7) is 0. The van der Waals surface area contributed by atoms with Crippen molar-refractivity contribution in [3.8, 4) is 27.9 Å². The number of fused-ring (bicyclic) bond motifs is 2. The van der Waals surface area contributed by atoms with Crippen LogP contribution in [0.3, 0.4) is 0 Å². The van der Waals surface area contributed by atoms with Gasteiger partial charge in [0.2, 0.25) is 0 Å². The molecule has 2 heterocycles. The molecule has 1 amide bonds. The van der Waals surface area contributed by atoms with Crippen molar-refractivity contribution in [2.45, 2.75) is 0 Å². The fourth-order valence-electron chi connectivity index (χ4n) is 4.90. The van der Waals surface area contributed by atoms with Gasteiger partial charge in [-0.15, -0.1) is 0 Å². The average molecular weight is 533 g/mol. The van der Waals surface area contributed by atoms with Gasteiger partial charge in [-0.2, -0.15) is 0 Å². The smallest absolute Gasteiger partial charge is 0.333 e. The van der Waals surface area contributed by atoms with E-state index in [4.69, 9.17) is 11.6 Å². The van der Waals surface area contributed by atoms with Crippen LogP contribution in [0, 0.1) is 0 Å². The molecule has 190 valence electrons. The molecule has 0 saturated heterocycles. The average Bonchev–Trinajstić information content (AvgIpc) is 2.96. The van der Waals surface area contributed by atoms with Crippen molar-refractivity contribution in [1.29, 1.82) is 0 Å². The largest absolute Gasteiger partial charge is 0.355 e. The van der Waals surface area contributed by atoms with E-state index in [1.165, 1.54) is 6.20 Å². The monoisotopic (exact) mass is 532 g/mol. The van der Waals surface area contributed by atoms with Gasteiger partial charge < -0.3 is 10.3 Å². The van der Waals surface area contributed by atoms with Crippen LogP contribution in [0.1, 0.15) is 10.4 Å². The molecular formula is C31H21ClN4O3. The molecule has 0 unspecified atom stereocenters. The van der Waals surface area contributed by atoms with Crippen molar-refractivity contribution in [3.63, 3.8) is 0 Å². The van der Waals surface area contributed by atoms with Gasteiger partial charge in [0.1, 0.15) is 0 Å². The molecule has 0 aliphatic carbocycles. The molecule has 0 saturated carbocycles. The number of carbonyl (C=O) groups is 1. The van der Waals surface area contributed by atoms with E-state index < -0.39 is 11.2 Å². The Hall–Kier alpha value is -5.01. The molecule has 4 aromatic carbocycles. The first-order valence-electron chi connectivity index (χ1n) is 12.2. The Morgan fingerprint density at radius 3 is 2.54 bits per heavy atom. The van der Waals surface area contributed by atoms with Crippen LogP contribution in [0.5, 0.6) is 0 Å². The van der Waals surface area contributed by atoms with Gasteiger partial charge >= 0.3 is 5.69 Å². The molecule has 0 aliphatic rings. The Morgan fingerprint density at radius 1 is 0.872 bits per heavy atom. The molecule has 0 spiro atoms. The first kappa shape index (κ1) is 24.3. The predicted molar refractivity (Wildman–Crippen MR) is 155 cm³/mol. The van der Waals surface area contributed by atoms with E-state index in [9.17, 15) is 14.4 Å². The van der Waals surface area contributed by atoms with Gasteiger partial charge in [-0.05, 0) is 47.0 Å². The molecule has 39 heavy (non-hydrogen) atoms. The minimum Gasteiger partial charge on any atom is -0.355 e. The van der Waals surface area contributed by atoms with Crippen molar-refractivity contribution >= 4 is 39.2 Å². The molecule has 0 radical (unpaired) electrons. The Kier molecular flexibility index (Phi) is 6.05. The lowest BCUT2D eigenvalue weighted by atomic mass is 9.93. The van der Waals surface area contributed by atoms with E-state index in [0.717, 1.165) is 32.0 Å². The number of rotatable bonds is 4.